The molecule has 1 N–H and O–H groups in total. The molecule has 0 amide bonds. The molecule has 0 radical (unpaired) electrons. The quantitative estimate of drug-likeness (QED) is 0.899. The summed E-state index contributed by atoms with van der Waals surface area (Å²) >= 11 is 0. The van der Waals surface area contributed by atoms with E-state index in [1.165, 1.54) is 0 Å². The van der Waals surface area contributed by atoms with Crippen molar-refractivity contribution in [2.45, 2.75) is 32.7 Å². The number of likely N-dealkylation sites (N-methyl/N-ethyl adjacent to an activating group) is 1. The Balaban J connectivity index is 1.58. The number of anilines is 1. The van der Waals surface area contributed by atoms with Gasteiger partial charge in [-0.3, -0.25) is 4.90 Å². The van der Waals surface area contributed by atoms with E-state index in [1.807, 2.05) is 26.0 Å². The van der Waals surface area contributed by atoms with Gasteiger partial charge in [0.1, 0.15) is 5.75 Å². The van der Waals surface area contributed by atoms with Crippen molar-refractivity contribution in [3.05, 3.63) is 35.4 Å². The Morgan fingerprint density at radius 2 is 2.04 bits per heavy atom. The molecule has 3 heterocycles. The number of piperazine rings is 1. The van der Waals surface area contributed by atoms with Gasteiger partial charge in [-0.05, 0) is 56.1 Å². The summed E-state index contributed by atoms with van der Waals surface area (Å²) in [5, 5.41) is 19.3. The van der Waals surface area contributed by atoms with Crippen molar-refractivity contribution in [1.82, 2.24) is 15.1 Å². The molecule has 0 aliphatic carbocycles. The number of aryl methyl sites for hydroxylation is 2. The maximum absolute atomic E-state index is 10.3. The number of benzene rings is 1. The van der Waals surface area contributed by atoms with Gasteiger partial charge in [-0.1, -0.05) is 13.0 Å². The SMILES string of the molecule is CCN1CCN(c2ccc(-c3c(C)cc(C)cc3O)nn2)CC12CCOC2. The van der Waals surface area contributed by atoms with E-state index >= 15 is 0 Å². The first kappa shape index (κ1) is 18.2. The van der Waals surface area contributed by atoms with Crippen LogP contribution in [0.1, 0.15) is 24.5 Å². The molecule has 1 aromatic carbocycles. The van der Waals surface area contributed by atoms with Gasteiger partial charge in [0.05, 0.1) is 17.8 Å². The second kappa shape index (κ2) is 7.09. The van der Waals surface area contributed by atoms with Crippen LogP contribution in [0.5, 0.6) is 5.75 Å². The number of rotatable bonds is 3. The number of aromatic nitrogens is 2. The summed E-state index contributed by atoms with van der Waals surface area (Å²) in [5.74, 6) is 1.15. The molecule has 2 aromatic rings. The van der Waals surface area contributed by atoms with E-state index < -0.39 is 0 Å². The van der Waals surface area contributed by atoms with Gasteiger partial charge in [0.2, 0.25) is 0 Å². The molecule has 6 heteroatoms. The average molecular weight is 368 g/mol. The second-order valence-corrected chi connectivity index (χ2v) is 7.78. The minimum Gasteiger partial charge on any atom is -0.507 e. The molecule has 144 valence electrons. The molecule has 1 unspecified atom stereocenters. The van der Waals surface area contributed by atoms with Crippen molar-refractivity contribution >= 4 is 5.82 Å². The average Bonchev–Trinajstić information content (AvgIpc) is 3.10. The van der Waals surface area contributed by atoms with Crippen molar-refractivity contribution in [2.24, 2.45) is 0 Å². The fraction of sp³-hybridized carbons (Fsp3) is 0.524. The molecule has 2 saturated heterocycles. The van der Waals surface area contributed by atoms with Gasteiger partial charge in [0.15, 0.2) is 5.82 Å². The smallest absolute Gasteiger partial charge is 0.151 e. The molecular weight excluding hydrogens is 340 g/mol. The molecule has 1 aromatic heterocycles. The number of phenols is 1. The third-order valence-corrected chi connectivity index (χ3v) is 5.95. The molecule has 1 spiro atoms. The van der Waals surface area contributed by atoms with E-state index in [1.54, 1.807) is 6.07 Å². The fourth-order valence-electron chi connectivity index (χ4n) is 4.58. The second-order valence-electron chi connectivity index (χ2n) is 7.78. The number of nitrogens with zero attached hydrogens (tertiary/aromatic N) is 4. The largest absolute Gasteiger partial charge is 0.507 e. The topological polar surface area (TPSA) is 61.7 Å². The number of aromatic hydroxyl groups is 1. The van der Waals surface area contributed by atoms with E-state index in [0.29, 0.717) is 5.69 Å². The summed E-state index contributed by atoms with van der Waals surface area (Å²) in [5.41, 5.74) is 3.61. The Morgan fingerprint density at radius 3 is 2.67 bits per heavy atom. The first-order valence-electron chi connectivity index (χ1n) is 9.74. The lowest BCUT2D eigenvalue weighted by atomic mass is 9.92. The van der Waals surface area contributed by atoms with E-state index in [9.17, 15) is 5.11 Å². The van der Waals surface area contributed by atoms with Crippen LogP contribution in [0, 0.1) is 13.8 Å². The Hall–Kier alpha value is -2.18. The molecule has 2 aliphatic rings. The zero-order chi connectivity index (χ0) is 19.0. The fourth-order valence-corrected chi connectivity index (χ4v) is 4.58. The summed E-state index contributed by atoms with van der Waals surface area (Å²) in [7, 11) is 0. The molecule has 1 atom stereocenters. The van der Waals surface area contributed by atoms with Crippen molar-refractivity contribution < 1.29 is 9.84 Å². The van der Waals surface area contributed by atoms with Gasteiger partial charge < -0.3 is 14.7 Å². The summed E-state index contributed by atoms with van der Waals surface area (Å²) in [6, 6.07) is 7.81. The molecule has 4 rings (SSSR count). The van der Waals surface area contributed by atoms with Crippen molar-refractivity contribution in [3.8, 4) is 17.0 Å². The van der Waals surface area contributed by atoms with Gasteiger partial charge in [-0.25, -0.2) is 0 Å². The summed E-state index contributed by atoms with van der Waals surface area (Å²) in [6.45, 7) is 11.7. The van der Waals surface area contributed by atoms with Crippen molar-refractivity contribution in [2.75, 3.05) is 44.3 Å². The van der Waals surface area contributed by atoms with Gasteiger partial charge in [0.25, 0.3) is 0 Å². The van der Waals surface area contributed by atoms with E-state index in [2.05, 4.69) is 33.0 Å². The molecule has 2 aliphatic heterocycles. The van der Waals surface area contributed by atoms with E-state index in [0.717, 1.165) is 68.3 Å². The van der Waals surface area contributed by atoms with Crippen LogP contribution in [-0.4, -0.2) is 65.1 Å². The van der Waals surface area contributed by atoms with E-state index in [-0.39, 0.29) is 11.3 Å². The van der Waals surface area contributed by atoms with E-state index in [4.69, 9.17) is 4.74 Å². The number of ether oxygens (including phenoxy) is 1. The zero-order valence-corrected chi connectivity index (χ0v) is 16.4. The molecule has 27 heavy (non-hydrogen) atoms. The minimum atomic E-state index is 0.0964. The maximum Gasteiger partial charge on any atom is 0.151 e. The number of hydrogen-bond donors (Lipinski definition) is 1. The molecule has 0 saturated carbocycles. The number of phenolic OH excluding ortho intramolecular Hbond substituents is 1. The normalized spacial score (nSPS) is 23.3. The van der Waals surface area contributed by atoms with Gasteiger partial charge >= 0.3 is 0 Å². The van der Waals surface area contributed by atoms with Crippen LogP contribution >= 0.6 is 0 Å². The van der Waals surface area contributed by atoms with Gasteiger partial charge in [0, 0.05) is 31.8 Å². The van der Waals surface area contributed by atoms with Crippen LogP contribution < -0.4 is 4.90 Å². The lowest BCUT2D eigenvalue weighted by Crippen LogP contribution is -2.63. The standard InChI is InChI=1S/C21H28N4O2/c1-4-25-9-8-24(13-21(25)7-10-27-14-21)19-6-5-17(22-23-19)20-16(3)11-15(2)12-18(20)26/h5-6,11-12,26H,4,7-10,13-14H2,1-3H3. The van der Waals surface area contributed by atoms with Crippen LogP contribution in [0.25, 0.3) is 11.3 Å². The monoisotopic (exact) mass is 368 g/mol. The zero-order valence-electron chi connectivity index (χ0n) is 16.4. The number of hydrogen-bond acceptors (Lipinski definition) is 6. The molecule has 2 fully saturated rings. The summed E-state index contributed by atoms with van der Waals surface area (Å²) in [6.07, 6.45) is 1.07. The van der Waals surface area contributed by atoms with Crippen LogP contribution in [0.15, 0.2) is 24.3 Å². The lowest BCUT2D eigenvalue weighted by Gasteiger charge is -2.48. The predicted molar refractivity (Wildman–Crippen MR) is 106 cm³/mol. The highest BCUT2D eigenvalue weighted by molar-refractivity contribution is 5.71. The highest BCUT2D eigenvalue weighted by Gasteiger charge is 2.44. The Labute approximate surface area is 160 Å². The summed E-state index contributed by atoms with van der Waals surface area (Å²) in [4.78, 5) is 4.87. The Kier molecular flexibility index (Phi) is 4.78. The van der Waals surface area contributed by atoms with Crippen LogP contribution in [0.3, 0.4) is 0 Å². The highest BCUT2D eigenvalue weighted by Crippen LogP contribution is 2.34. The third-order valence-electron chi connectivity index (χ3n) is 5.95. The Bertz CT molecular complexity index is 792. The Morgan fingerprint density at radius 1 is 1.19 bits per heavy atom. The summed E-state index contributed by atoms with van der Waals surface area (Å²) < 4.78 is 5.73. The van der Waals surface area contributed by atoms with Crippen LogP contribution in [0.4, 0.5) is 5.82 Å². The minimum absolute atomic E-state index is 0.0964. The van der Waals surface area contributed by atoms with Crippen LogP contribution in [0.2, 0.25) is 0 Å². The van der Waals surface area contributed by atoms with Crippen LogP contribution in [-0.2, 0) is 4.74 Å². The van der Waals surface area contributed by atoms with Gasteiger partial charge in [-0.2, -0.15) is 0 Å². The maximum atomic E-state index is 10.3. The first-order valence-corrected chi connectivity index (χ1v) is 9.74. The van der Waals surface area contributed by atoms with Crippen molar-refractivity contribution in [1.29, 1.82) is 0 Å². The lowest BCUT2D eigenvalue weighted by molar-refractivity contribution is 0.0598. The first-order chi connectivity index (χ1) is 13.0. The molecule has 0 bridgehead atoms. The molecule has 6 nitrogen and oxygen atoms in total. The predicted octanol–water partition coefficient (Wildman–Crippen LogP) is 2.77. The van der Waals surface area contributed by atoms with Gasteiger partial charge in [-0.15, -0.1) is 10.2 Å². The third kappa shape index (κ3) is 3.28. The highest BCUT2D eigenvalue weighted by atomic mass is 16.5. The molecular formula is C21H28N4O2. The van der Waals surface area contributed by atoms with Crippen molar-refractivity contribution in [3.63, 3.8) is 0 Å².